The van der Waals surface area contributed by atoms with E-state index in [1.54, 1.807) is 13.8 Å². The second-order valence-electron chi connectivity index (χ2n) is 3.29. The molecule has 0 saturated carbocycles. The summed E-state index contributed by atoms with van der Waals surface area (Å²) in [5, 5.41) is 0. The maximum absolute atomic E-state index is 11.1. The SMILES string of the molecule is COC(C)(C)CNS(=O)(=O)CCCl. The molecule has 0 rings (SSSR count). The summed E-state index contributed by atoms with van der Waals surface area (Å²) in [6.07, 6.45) is 0. The lowest BCUT2D eigenvalue weighted by Crippen LogP contribution is -2.40. The number of methoxy groups -OCH3 is 1. The van der Waals surface area contributed by atoms with Gasteiger partial charge in [0, 0.05) is 19.5 Å². The predicted molar refractivity (Wildman–Crippen MR) is 53.6 cm³/mol. The fourth-order valence-electron chi connectivity index (χ4n) is 0.530. The zero-order valence-corrected chi connectivity index (χ0v) is 9.70. The van der Waals surface area contributed by atoms with Crippen molar-refractivity contribution >= 4 is 21.6 Å². The molecule has 0 spiro atoms. The van der Waals surface area contributed by atoms with Gasteiger partial charge in [0.2, 0.25) is 10.0 Å². The molecule has 13 heavy (non-hydrogen) atoms. The summed E-state index contributed by atoms with van der Waals surface area (Å²) in [4.78, 5) is 0. The molecule has 0 heterocycles. The third kappa shape index (κ3) is 6.26. The van der Waals surface area contributed by atoms with Crippen molar-refractivity contribution in [2.75, 3.05) is 25.3 Å². The molecule has 0 fully saturated rings. The molecular weight excluding hydrogens is 214 g/mol. The van der Waals surface area contributed by atoms with Gasteiger partial charge in [0.05, 0.1) is 11.4 Å². The number of halogens is 1. The van der Waals surface area contributed by atoms with E-state index < -0.39 is 15.6 Å². The van der Waals surface area contributed by atoms with E-state index in [2.05, 4.69) is 4.72 Å². The Bertz CT molecular complexity index is 238. The minimum absolute atomic E-state index is 0.0612. The van der Waals surface area contributed by atoms with E-state index in [9.17, 15) is 8.42 Å². The van der Waals surface area contributed by atoms with E-state index in [-0.39, 0.29) is 18.2 Å². The molecule has 0 unspecified atom stereocenters. The average Bonchev–Trinajstić information content (AvgIpc) is 2.02. The van der Waals surface area contributed by atoms with Crippen LogP contribution in [0.1, 0.15) is 13.8 Å². The lowest BCUT2D eigenvalue weighted by molar-refractivity contribution is 0.0276. The zero-order valence-electron chi connectivity index (χ0n) is 8.13. The van der Waals surface area contributed by atoms with E-state index in [0.29, 0.717) is 0 Å². The smallest absolute Gasteiger partial charge is 0.212 e. The third-order valence-corrected chi connectivity index (χ3v) is 3.36. The van der Waals surface area contributed by atoms with Gasteiger partial charge in [0.1, 0.15) is 0 Å². The molecule has 4 nitrogen and oxygen atoms in total. The minimum atomic E-state index is -3.24. The summed E-state index contributed by atoms with van der Waals surface area (Å²) in [6.45, 7) is 3.86. The second kappa shape index (κ2) is 5.14. The molecule has 0 bridgehead atoms. The molecule has 0 aliphatic heterocycles. The molecule has 0 aromatic rings. The van der Waals surface area contributed by atoms with Gasteiger partial charge in [-0.3, -0.25) is 0 Å². The van der Waals surface area contributed by atoms with Crippen molar-refractivity contribution in [2.45, 2.75) is 19.4 Å². The molecule has 0 aliphatic rings. The Morgan fingerprint density at radius 2 is 2.00 bits per heavy atom. The Hall–Kier alpha value is 0.160. The normalized spacial score (nSPS) is 13.2. The third-order valence-electron chi connectivity index (χ3n) is 1.62. The standard InChI is InChI=1S/C7H16ClNO3S/c1-7(2,12-3)6-9-13(10,11)5-4-8/h9H,4-6H2,1-3H3. The number of hydrogen-bond donors (Lipinski definition) is 1. The quantitative estimate of drug-likeness (QED) is 0.678. The van der Waals surface area contributed by atoms with E-state index in [1.165, 1.54) is 7.11 Å². The number of ether oxygens (including phenoxy) is 1. The highest BCUT2D eigenvalue weighted by Gasteiger charge is 2.19. The summed E-state index contributed by atoms with van der Waals surface area (Å²) < 4.78 is 29.7. The van der Waals surface area contributed by atoms with Gasteiger partial charge in [-0.25, -0.2) is 13.1 Å². The van der Waals surface area contributed by atoms with Crippen LogP contribution in [0.3, 0.4) is 0 Å². The lowest BCUT2D eigenvalue weighted by Gasteiger charge is -2.22. The molecule has 0 aromatic carbocycles. The van der Waals surface area contributed by atoms with E-state index in [4.69, 9.17) is 16.3 Å². The van der Waals surface area contributed by atoms with Crippen LogP contribution in [0.4, 0.5) is 0 Å². The molecule has 0 amide bonds. The first-order valence-electron chi connectivity index (χ1n) is 3.91. The summed E-state index contributed by atoms with van der Waals surface area (Å²) in [7, 11) is -1.70. The van der Waals surface area contributed by atoms with E-state index >= 15 is 0 Å². The van der Waals surface area contributed by atoms with Crippen molar-refractivity contribution < 1.29 is 13.2 Å². The van der Waals surface area contributed by atoms with Gasteiger partial charge < -0.3 is 4.74 Å². The van der Waals surface area contributed by atoms with Crippen LogP contribution in [0.25, 0.3) is 0 Å². The Labute approximate surface area is 84.7 Å². The predicted octanol–water partition coefficient (Wildman–Crippen LogP) is 0.570. The van der Waals surface area contributed by atoms with Gasteiger partial charge >= 0.3 is 0 Å². The molecular formula is C7H16ClNO3S. The van der Waals surface area contributed by atoms with Crippen LogP contribution in [0.2, 0.25) is 0 Å². The molecule has 80 valence electrons. The Balaban J connectivity index is 4.02. The largest absolute Gasteiger partial charge is 0.377 e. The number of sulfonamides is 1. The molecule has 0 atom stereocenters. The topological polar surface area (TPSA) is 55.4 Å². The zero-order chi connectivity index (χ0) is 10.5. The van der Waals surface area contributed by atoms with Crippen LogP contribution < -0.4 is 4.72 Å². The van der Waals surface area contributed by atoms with Crippen molar-refractivity contribution in [3.8, 4) is 0 Å². The average molecular weight is 230 g/mol. The fourth-order valence-corrected chi connectivity index (χ4v) is 2.05. The summed E-state index contributed by atoms with van der Waals surface area (Å²) in [6, 6.07) is 0. The van der Waals surface area contributed by atoms with Gasteiger partial charge in [-0.15, -0.1) is 11.6 Å². The maximum Gasteiger partial charge on any atom is 0.212 e. The van der Waals surface area contributed by atoms with Crippen LogP contribution in [-0.4, -0.2) is 39.3 Å². The van der Waals surface area contributed by atoms with Crippen molar-refractivity contribution in [1.82, 2.24) is 4.72 Å². The molecule has 0 saturated heterocycles. The summed E-state index contributed by atoms with van der Waals surface area (Å²) in [5.41, 5.74) is -0.487. The number of hydrogen-bond acceptors (Lipinski definition) is 3. The van der Waals surface area contributed by atoms with Gasteiger partial charge in [0.25, 0.3) is 0 Å². The summed E-state index contributed by atoms with van der Waals surface area (Å²) >= 11 is 5.32. The lowest BCUT2D eigenvalue weighted by atomic mass is 10.1. The molecule has 0 aromatic heterocycles. The van der Waals surface area contributed by atoms with Gasteiger partial charge in [-0.2, -0.15) is 0 Å². The Kier molecular flexibility index (Phi) is 5.21. The second-order valence-corrected chi connectivity index (χ2v) is 5.60. The highest BCUT2D eigenvalue weighted by atomic mass is 35.5. The van der Waals surface area contributed by atoms with Crippen molar-refractivity contribution in [3.05, 3.63) is 0 Å². The molecule has 0 aliphatic carbocycles. The van der Waals surface area contributed by atoms with Crippen LogP contribution in [-0.2, 0) is 14.8 Å². The van der Waals surface area contributed by atoms with E-state index in [0.717, 1.165) is 0 Å². The Morgan fingerprint density at radius 1 is 1.46 bits per heavy atom. The first kappa shape index (κ1) is 13.2. The van der Waals surface area contributed by atoms with Gasteiger partial charge in [0.15, 0.2) is 0 Å². The first-order chi connectivity index (χ1) is 5.83. The number of rotatable bonds is 6. The number of nitrogens with one attached hydrogen (secondary N) is 1. The van der Waals surface area contributed by atoms with Crippen molar-refractivity contribution in [1.29, 1.82) is 0 Å². The van der Waals surface area contributed by atoms with Crippen LogP contribution in [0.15, 0.2) is 0 Å². The van der Waals surface area contributed by atoms with Gasteiger partial charge in [-0.05, 0) is 13.8 Å². The van der Waals surface area contributed by atoms with Crippen LogP contribution in [0, 0.1) is 0 Å². The highest BCUT2D eigenvalue weighted by Crippen LogP contribution is 2.05. The molecule has 1 N–H and O–H groups in total. The number of alkyl halides is 1. The summed E-state index contributed by atoms with van der Waals surface area (Å²) in [5.74, 6) is 0.0388. The first-order valence-corrected chi connectivity index (χ1v) is 6.10. The van der Waals surface area contributed by atoms with Crippen LogP contribution >= 0.6 is 11.6 Å². The van der Waals surface area contributed by atoms with E-state index in [1.807, 2.05) is 0 Å². The van der Waals surface area contributed by atoms with Crippen molar-refractivity contribution in [3.63, 3.8) is 0 Å². The highest BCUT2D eigenvalue weighted by molar-refractivity contribution is 7.89. The fraction of sp³-hybridized carbons (Fsp3) is 1.00. The molecule has 0 radical (unpaired) electrons. The maximum atomic E-state index is 11.1. The van der Waals surface area contributed by atoms with Crippen molar-refractivity contribution in [2.24, 2.45) is 0 Å². The van der Waals surface area contributed by atoms with Gasteiger partial charge in [-0.1, -0.05) is 0 Å². The molecule has 6 heteroatoms. The monoisotopic (exact) mass is 229 g/mol. The Morgan fingerprint density at radius 3 is 2.38 bits per heavy atom. The van der Waals surface area contributed by atoms with Crippen LogP contribution in [0.5, 0.6) is 0 Å². The minimum Gasteiger partial charge on any atom is -0.377 e.